The van der Waals surface area contributed by atoms with Crippen molar-refractivity contribution in [3.8, 4) is 0 Å². The normalized spacial score (nSPS) is 19.0. The molecule has 0 aromatic heterocycles. The second kappa shape index (κ2) is 8.45. The Balaban J connectivity index is 1.78. The maximum absolute atomic E-state index is 13.6. The minimum atomic E-state index is -0.481. The van der Waals surface area contributed by atoms with Gasteiger partial charge in [-0.25, -0.2) is 4.90 Å². The summed E-state index contributed by atoms with van der Waals surface area (Å²) in [5, 5.41) is 11.1. The van der Waals surface area contributed by atoms with Crippen molar-refractivity contribution in [2.24, 2.45) is 5.92 Å². The van der Waals surface area contributed by atoms with Gasteiger partial charge in [0.15, 0.2) is 0 Å². The number of piperidine rings is 1. The first-order chi connectivity index (χ1) is 15.3. The van der Waals surface area contributed by atoms with E-state index in [0.717, 1.165) is 18.5 Å². The van der Waals surface area contributed by atoms with E-state index in [9.17, 15) is 19.7 Å². The third kappa shape index (κ3) is 3.84. The molecule has 1 atom stereocenters. The summed E-state index contributed by atoms with van der Waals surface area (Å²) in [7, 11) is 3.84. The fraction of sp³-hybridized carbons (Fsp3) is 0.333. The molecule has 166 valence electrons. The van der Waals surface area contributed by atoms with Gasteiger partial charge in [-0.15, -0.1) is 0 Å². The highest BCUT2D eigenvalue weighted by atomic mass is 16.6. The van der Waals surface area contributed by atoms with Crippen molar-refractivity contribution in [1.29, 1.82) is 0 Å². The monoisotopic (exact) mass is 434 g/mol. The number of rotatable bonds is 5. The lowest BCUT2D eigenvalue weighted by molar-refractivity contribution is -0.384. The van der Waals surface area contributed by atoms with Crippen LogP contribution in [0.25, 0.3) is 5.57 Å². The molecule has 0 spiro atoms. The Morgan fingerprint density at radius 2 is 1.66 bits per heavy atom. The van der Waals surface area contributed by atoms with Crippen LogP contribution < -0.4 is 9.80 Å². The Morgan fingerprint density at radius 1 is 1.00 bits per heavy atom. The summed E-state index contributed by atoms with van der Waals surface area (Å²) in [5.41, 5.74) is 2.60. The summed E-state index contributed by atoms with van der Waals surface area (Å²) < 4.78 is 0. The molecule has 4 rings (SSSR count). The van der Waals surface area contributed by atoms with E-state index >= 15 is 0 Å². The predicted octanol–water partition coefficient (Wildman–Crippen LogP) is 3.68. The van der Waals surface area contributed by atoms with E-state index in [-0.39, 0.29) is 11.6 Å². The molecule has 2 aromatic rings. The lowest BCUT2D eigenvalue weighted by atomic mass is 9.97. The number of imide groups is 1. The van der Waals surface area contributed by atoms with E-state index in [2.05, 4.69) is 6.92 Å². The number of nitro groups is 1. The fourth-order valence-corrected chi connectivity index (χ4v) is 4.35. The molecule has 2 heterocycles. The van der Waals surface area contributed by atoms with Gasteiger partial charge in [0.2, 0.25) is 0 Å². The molecule has 1 saturated heterocycles. The Hall–Kier alpha value is -3.68. The summed E-state index contributed by atoms with van der Waals surface area (Å²) in [6.45, 7) is 3.53. The molecule has 0 N–H and O–H groups in total. The van der Waals surface area contributed by atoms with Gasteiger partial charge in [0.1, 0.15) is 5.70 Å². The quantitative estimate of drug-likeness (QED) is 0.405. The number of carbonyl (C=O) groups is 2. The smallest absolute Gasteiger partial charge is 0.282 e. The van der Waals surface area contributed by atoms with Crippen LogP contribution >= 0.6 is 0 Å². The van der Waals surface area contributed by atoms with Crippen molar-refractivity contribution in [2.75, 3.05) is 37.0 Å². The number of nitrogens with zero attached hydrogens (tertiary/aromatic N) is 4. The number of carbonyl (C=O) groups excluding carboxylic acids is 2. The lowest BCUT2D eigenvalue weighted by Crippen LogP contribution is -2.39. The van der Waals surface area contributed by atoms with Gasteiger partial charge in [0.05, 0.1) is 16.2 Å². The molecule has 0 bridgehead atoms. The molecule has 0 radical (unpaired) electrons. The van der Waals surface area contributed by atoms with Crippen molar-refractivity contribution in [3.05, 3.63) is 69.9 Å². The maximum atomic E-state index is 13.6. The number of anilines is 2. The van der Waals surface area contributed by atoms with Gasteiger partial charge in [-0.3, -0.25) is 19.7 Å². The zero-order valence-electron chi connectivity index (χ0n) is 18.4. The number of likely N-dealkylation sites (tertiary alicyclic amines) is 1. The molecule has 2 amide bonds. The van der Waals surface area contributed by atoms with Crippen LogP contribution in [0.3, 0.4) is 0 Å². The van der Waals surface area contributed by atoms with E-state index < -0.39 is 10.8 Å². The third-order valence-electron chi connectivity index (χ3n) is 6.02. The second-order valence-electron chi connectivity index (χ2n) is 8.58. The van der Waals surface area contributed by atoms with Gasteiger partial charge in [-0.05, 0) is 60.7 Å². The summed E-state index contributed by atoms with van der Waals surface area (Å²) in [6, 6.07) is 13.1. The fourth-order valence-electron chi connectivity index (χ4n) is 4.35. The number of nitro benzene ring substituents is 1. The highest BCUT2D eigenvalue weighted by Crippen LogP contribution is 2.37. The summed E-state index contributed by atoms with van der Waals surface area (Å²) in [5.74, 6) is -0.351. The van der Waals surface area contributed by atoms with Crippen molar-refractivity contribution in [2.45, 2.75) is 19.8 Å². The van der Waals surface area contributed by atoms with Crippen LogP contribution in [-0.4, -0.2) is 48.8 Å². The van der Waals surface area contributed by atoms with Crippen LogP contribution in [0, 0.1) is 16.0 Å². The Labute approximate surface area is 186 Å². The van der Waals surface area contributed by atoms with Gasteiger partial charge in [-0.1, -0.05) is 6.92 Å². The van der Waals surface area contributed by atoms with Crippen molar-refractivity contribution >= 4 is 34.4 Å². The van der Waals surface area contributed by atoms with Crippen molar-refractivity contribution in [1.82, 2.24) is 4.90 Å². The molecule has 0 aliphatic carbocycles. The molecule has 32 heavy (non-hydrogen) atoms. The van der Waals surface area contributed by atoms with E-state index in [1.807, 2.05) is 36.0 Å². The standard InChI is InChI=1S/C24H26N4O4/c1-16-5-4-14-26(15-16)22-21(17-6-8-20(9-7-17)28(31)32)23(29)27(24(22)30)19-12-10-18(11-13-19)25(2)3/h6-13,16H,4-5,14-15H2,1-3H3. The van der Waals surface area contributed by atoms with Crippen LogP contribution in [0.15, 0.2) is 54.2 Å². The average molecular weight is 434 g/mol. The highest BCUT2D eigenvalue weighted by molar-refractivity contribution is 6.45. The molecule has 0 saturated carbocycles. The van der Waals surface area contributed by atoms with Crippen LogP contribution in [0.1, 0.15) is 25.3 Å². The molecule has 8 heteroatoms. The number of non-ortho nitro benzene ring substituents is 1. The van der Waals surface area contributed by atoms with Gasteiger partial charge in [0.25, 0.3) is 17.5 Å². The second-order valence-corrected chi connectivity index (χ2v) is 8.58. The van der Waals surface area contributed by atoms with Crippen LogP contribution in [0.4, 0.5) is 17.1 Å². The molecule has 1 fully saturated rings. The van der Waals surface area contributed by atoms with Crippen LogP contribution in [0.5, 0.6) is 0 Å². The first kappa shape index (κ1) is 21.5. The Kier molecular flexibility index (Phi) is 5.69. The molecule has 2 aromatic carbocycles. The van der Waals surface area contributed by atoms with E-state index in [1.165, 1.54) is 17.0 Å². The van der Waals surface area contributed by atoms with E-state index in [4.69, 9.17) is 0 Å². The van der Waals surface area contributed by atoms with Gasteiger partial charge in [0, 0.05) is 45.0 Å². The summed E-state index contributed by atoms with van der Waals surface area (Å²) in [4.78, 5) is 42.9. The number of hydrogen-bond donors (Lipinski definition) is 0. The first-order valence-electron chi connectivity index (χ1n) is 10.7. The third-order valence-corrected chi connectivity index (χ3v) is 6.02. The van der Waals surface area contributed by atoms with Gasteiger partial charge >= 0.3 is 0 Å². The molecule has 1 unspecified atom stereocenters. The van der Waals surface area contributed by atoms with E-state index in [0.29, 0.717) is 41.5 Å². The molecular formula is C24H26N4O4. The van der Waals surface area contributed by atoms with Crippen LogP contribution in [-0.2, 0) is 9.59 Å². The summed E-state index contributed by atoms with van der Waals surface area (Å²) in [6.07, 6.45) is 2.02. The van der Waals surface area contributed by atoms with E-state index in [1.54, 1.807) is 24.3 Å². The minimum Gasteiger partial charge on any atom is -0.378 e. The first-order valence-corrected chi connectivity index (χ1v) is 10.7. The van der Waals surface area contributed by atoms with Gasteiger partial charge < -0.3 is 9.80 Å². The zero-order valence-corrected chi connectivity index (χ0v) is 18.4. The average Bonchev–Trinajstić information content (AvgIpc) is 3.03. The topological polar surface area (TPSA) is 87.0 Å². The molecule has 2 aliphatic rings. The van der Waals surface area contributed by atoms with Crippen molar-refractivity contribution < 1.29 is 14.5 Å². The highest BCUT2D eigenvalue weighted by Gasteiger charge is 2.43. The number of hydrogen-bond acceptors (Lipinski definition) is 6. The molecule has 8 nitrogen and oxygen atoms in total. The Bertz CT molecular complexity index is 1090. The number of amides is 2. The number of benzene rings is 2. The van der Waals surface area contributed by atoms with Gasteiger partial charge in [-0.2, -0.15) is 0 Å². The van der Waals surface area contributed by atoms with Crippen molar-refractivity contribution in [3.63, 3.8) is 0 Å². The SMILES string of the molecule is CC1CCCN(C2=C(c3ccc([N+](=O)[O-])cc3)C(=O)N(c3ccc(N(C)C)cc3)C2=O)C1. The van der Waals surface area contributed by atoms with Crippen LogP contribution in [0.2, 0.25) is 0 Å². The zero-order chi connectivity index (χ0) is 23.0. The molecule has 2 aliphatic heterocycles. The lowest BCUT2D eigenvalue weighted by Gasteiger charge is -2.33. The largest absolute Gasteiger partial charge is 0.378 e. The summed E-state index contributed by atoms with van der Waals surface area (Å²) >= 11 is 0. The Morgan fingerprint density at radius 3 is 2.22 bits per heavy atom. The predicted molar refractivity (Wildman–Crippen MR) is 123 cm³/mol. The minimum absolute atomic E-state index is 0.0598. The molecular weight excluding hydrogens is 408 g/mol. The maximum Gasteiger partial charge on any atom is 0.282 e.